The summed E-state index contributed by atoms with van der Waals surface area (Å²) >= 11 is 0. The molecule has 0 aliphatic heterocycles. The minimum absolute atomic E-state index is 0.128. The summed E-state index contributed by atoms with van der Waals surface area (Å²) in [5.41, 5.74) is 2.19. The molecule has 0 saturated heterocycles. The summed E-state index contributed by atoms with van der Waals surface area (Å²) in [6.45, 7) is 0. The van der Waals surface area contributed by atoms with Crippen molar-refractivity contribution in [2.24, 2.45) is 11.8 Å². The van der Waals surface area contributed by atoms with E-state index in [-0.39, 0.29) is 24.0 Å². The van der Waals surface area contributed by atoms with Crippen LogP contribution in [0.15, 0.2) is 60.7 Å². The van der Waals surface area contributed by atoms with Gasteiger partial charge in [-0.05, 0) is 48.6 Å². The maximum atomic E-state index is 13.5. The Morgan fingerprint density at radius 2 is 1.00 bits per heavy atom. The second-order valence-electron chi connectivity index (χ2n) is 7.46. The Hall–Kier alpha value is -1.74. The average molecular weight is 342 g/mol. The molecule has 3 heteroatoms. The number of rotatable bonds is 6. The number of halogens is 2. The molecule has 2 aromatic carbocycles. The van der Waals surface area contributed by atoms with Gasteiger partial charge in [-0.3, -0.25) is 0 Å². The third kappa shape index (κ3) is 3.62. The molecule has 1 nitrogen and oxygen atoms in total. The summed E-state index contributed by atoms with van der Waals surface area (Å²) in [5.74, 6) is 0.398. The molecule has 0 spiro atoms. The molecule has 0 bridgehead atoms. The standard InChI is InChI=1S/C22H24F2O/c23-19-11-17(12-19)21(15-7-3-1-4-8-15)25-22(18-13-20(24)14-18)16-9-5-2-6-10-16/h1-10,17-22H,11-14H2. The van der Waals surface area contributed by atoms with Gasteiger partial charge in [0.1, 0.15) is 12.3 Å². The highest BCUT2D eigenvalue weighted by Crippen LogP contribution is 2.48. The molecular formula is C22H24F2O. The zero-order valence-electron chi connectivity index (χ0n) is 14.2. The van der Waals surface area contributed by atoms with E-state index in [0.717, 1.165) is 11.1 Å². The summed E-state index contributed by atoms with van der Waals surface area (Å²) in [4.78, 5) is 0. The van der Waals surface area contributed by atoms with Crippen molar-refractivity contribution in [3.05, 3.63) is 71.8 Å². The summed E-state index contributed by atoms with van der Waals surface area (Å²) in [7, 11) is 0. The summed E-state index contributed by atoms with van der Waals surface area (Å²) in [6.07, 6.45) is 0.529. The van der Waals surface area contributed by atoms with Gasteiger partial charge in [0.15, 0.2) is 0 Å². The lowest BCUT2D eigenvalue weighted by Gasteiger charge is -2.42. The molecule has 0 N–H and O–H groups in total. The van der Waals surface area contributed by atoms with Crippen molar-refractivity contribution in [1.82, 2.24) is 0 Å². The molecule has 0 aromatic heterocycles. The molecule has 0 heterocycles. The predicted octanol–water partition coefficient (Wildman–Crippen LogP) is 5.98. The van der Waals surface area contributed by atoms with Gasteiger partial charge in [0.05, 0.1) is 12.2 Å². The van der Waals surface area contributed by atoms with Crippen LogP contribution in [0.1, 0.15) is 49.0 Å². The molecule has 2 saturated carbocycles. The zero-order valence-corrected chi connectivity index (χ0v) is 14.2. The van der Waals surface area contributed by atoms with Crippen molar-refractivity contribution < 1.29 is 13.5 Å². The fourth-order valence-electron chi connectivity index (χ4n) is 4.04. The second kappa shape index (κ2) is 7.25. The summed E-state index contributed by atoms with van der Waals surface area (Å²) in [6, 6.07) is 20.2. The second-order valence-corrected chi connectivity index (χ2v) is 7.46. The van der Waals surface area contributed by atoms with Crippen LogP contribution in [-0.4, -0.2) is 12.3 Å². The highest BCUT2D eigenvalue weighted by molar-refractivity contribution is 5.22. The molecule has 2 unspecified atom stereocenters. The van der Waals surface area contributed by atoms with Crippen molar-refractivity contribution in [3.63, 3.8) is 0 Å². The van der Waals surface area contributed by atoms with E-state index in [1.54, 1.807) is 0 Å². The van der Waals surface area contributed by atoms with E-state index in [9.17, 15) is 8.78 Å². The van der Waals surface area contributed by atoms with E-state index in [2.05, 4.69) is 24.3 Å². The van der Waals surface area contributed by atoms with E-state index in [4.69, 9.17) is 4.74 Å². The fraction of sp³-hybridized carbons (Fsp3) is 0.455. The zero-order chi connectivity index (χ0) is 17.2. The van der Waals surface area contributed by atoms with Gasteiger partial charge >= 0.3 is 0 Å². The first-order chi connectivity index (χ1) is 12.2. The lowest BCUT2D eigenvalue weighted by molar-refractivity contribution is -0.124. The summed E-state index contributed by atoms with van der Waals surface area (Å²) < 4.78 is 33.6. The average Bonchev–Trinajstić information content (AvgIpc) is 2.60. The van der Waals surface area contributed by atoms with E-state index in [1.807, 2.05) is 36.4 Å². The summed E-state index contributed by atoms with van der Waals surface area (Å²) in [5, 5.41) is 0. The Bertz CT molecular complexity index is 603. The lowest BCUT2D eigenvalue weighted by Crippen LogP contribution is -2.36. The number of benzene rings is 2. The first-order valence-corrected chi connectivity index (χ1v) is 9.24. The number of ether oxygens (including phenoxy) is 1. The van der Waals surface area contributed by atoms with Gasteiger partial charge in [-0.25, -0.2) is 8.78 Å². The lowest BCUT2D eigenvalue weighted by atomic mass is 9.75. The third-order valence-corrected chi connectivity index (χ3v) is 5.64. The first-order valence-electron chi connectivity index (χ1n) is 9.24. The van der Waals surface area contributed by atoms with Gasteiger partial charge in [-0.15, -0.1) is 0 Å². The molecule has 2 aliphatic carbocycles. The molecule has 4 rings (SSSR count). The molecule has 25 heavy (non-hydrogen) atoms. The van der Waals surface area contributed by atoms with Crippen LogP contribution in [0, 0.1) is 11.8 Å². The maximum Gasteiger partial charge on any atom is 0.101 e. The number of hydrogen-bond donors (Lipinski definition) is 0. The van der Waals surface area contributed by atoms with E-state index in [0.29, 0.717) is 25.7 Å². The van der Waals surface area contributed by atoms with Crippen LogP contribution >= 0.6 is 0 Å². The third-order valence-electron chi connectivity index (χ3n) is 5.64. The molecule has 132 valence electrons. The first kappa shape index (κ1) is 16.7. The normalized spacial score (nSPS) is 30.8. The Morgan fingerprint density at radius 1 is 0.640 bits per heavy atom. The predicted molar refractivity (Wildman–Crippen MR) is 94.7 cm³/mol. The van der Waals surface area contributed by atoms with Crippen LogP contribution in [0.2, 0.25) is 0 Å². The van der Waals surface area contributed by atoms with Gasteiger partial charge in [0, 0.05) is 0 Å². The van der Waals surface area contributed by atoms with E-state index >= 15 is 0 Å². The van der Waals surface area contributed by atoms with Gasteiger partial charge in [-0.2, -0.15) is 0 Å². The highest BCUT2D eigenvalue weighted by Gasteiger charge is 2.42. The van der Waals surface area contributed by atoms with Crippen molar-refractivity contribution in [3.8, 4) is 0 Å². The molecule has 2 fully saturated rings. The van der Waals surface area contributed by atoms with Crippen molar-refractivity contribution >= 4 is 0 Å². The van der Waals surface area contributed by atoms with Crippen molar-refractivity contribution in [1.29, 1.82) is 0 Å². The monoisotopic (exact) mass is 342 g/mol. The van der Waals surface area contributed by atoms with Gasteiger partial charge < -0.3 is 4.74 Å². The molecule has 2 aliphatic rings. The molecule has 0 amide bonds. The minimum atomic E-state index is -0.714. The maximum absolute atomic E-state index is 13.5. The van der Waals surface area contributed by atoms with Crippen LogP contribution < -0.4 is 0 Å². The van der Waals surface area contributed by atoms with Crippen molar-refractivity contribution in [2.45, 2.75) is 50.2 Å². The Balaban J connectivity index is 1.59. The Labute approximate surface area is 148 Å². The Kier molecular flexibility index (Phi) is 4.85. The van der Waals surface area contributed by atoms with Gasteiger partial charge in [0.25, 0.3) is 0 Å². The highest BCUT2D eigenvalue weighted by atomic mass is 19.1. The topological polar surface area (TPSA) is 9.23 Å². The minimum Gasteiger partial charge on any atom is -0.365 e. The number of hydrogen-bond acceptors (Lipinski definition) is 1. The van der Waals surface area contributed by atoms with Gasteiger partial charge in [-0.1, -0.05) is 60.7 Å². The van der Waals surface area contributed by atoms with Crippen LogP contribution in [0.3, 0.4) is 0 Å². The Morgan fingerprint density at radius 3 is 1.32 bits per heavy atom. The fourth-order valence-corrected chi connectivity index (χ4v) is 4.04. The van der Waals surface area contributed by atoms with Crippen LogP contribution in [0.5, 0.6) is 0 Å². The van der Waals surface area contributed by atoms with Gasteiger partial charge in [0.2, 0.25) is 0 Å². The molecule has 2 aromatic rings. The smallest absolute Gasteiger partial charge is 0.101 e. The number of alkyl halides is 2. The molecular weight excluding hydrogens is 318 g/mol. The van der Waals surface area contributed by atoms with Crippen LogP contribution in [0.25, 0.3) is 0 Å². The largest absolute Gasteiger partial charge is 0.365 e. The SMILES string of the molecule is FC1CC(C(OC(c2ccccc2)C2CC(F)C2)c2ccccc2)C1. The molecule has 0 radical (unpaired) electrons. The van der Waals surface area contributed by atoms with Crippen LogP contribution in [-0.2, 0) is 4.74 Å². The van der Waals surface area contributed by atoms with E-state index < -0.39 is 12.3 Å². The van der Waals surface area contributed by atoms with Crippen molar-refractivity contribution in [2.75, 3.05) is 0 Å². The van der Waals surface area contributed by atoms with Crippen LogP contribution in [0.4, 0.5) is 8.78 Å². The molecule has 2 atom stereocenters. The quantitative estimate of drug-likeness (QED) is 0.627. The van der Waals surface area contributed by atoms with E-state index in [1.165, 1.54) is 0 Å².